The van der Waals surface area contributed by atoms with Crippen molar-refractivity contribution in [3.63, 3.8) is 0 Å². The van der Waals surface area contributed by atoms with E-state index in [0.29, 0.717) is 6.61 Å². The molecule has 2 aromatic rings. The molecule has 3 heteroatoms. The Hall–Kier alpha value is -2.42. The van der Waals surface area contributed by atoms with Crippen molar-refractivity contribution in [2.75, 3.05) is 6.79 Å². The summed E-state index contributed by atoms with van der Waals surface area (Å²) in [6.45, 7) is 6.71. The van der Waals surface area contributed by atoms with E-state index in [1.54, 1.807) is 0 Å². The molecule has 0 unspecified atom stereocenters. The lowest BCUT2D eigenvalue weighted by atomic mass is 10.1. The molecule has 20 heavy (non-hydrogen) atoms. The van der Waals surface area contributed by atoms with E-state index >= 15 is 0 Å². The van der Waals surface area contributed by atoms with E-state index in [-0.39, 0.29) is 6.79 Å². The van der Waals surface area contributed by atoms with Crippen LogP contribution >= 0.6 is 0 Å². The Labute approximate surface area is 118 Å². The van der Waals surface area contributed by atoms with Crippen LogP contribution < -0.4 is 14.2 Å². The predicted molar refractivity (Wildman–Crippen MR) is 78.0 cm³/mol. The number of allylic oxidation sites excluding steroid dienone is 1. The van der Waals surface area contributed by atoms with Crippen molar-refractivity contribution in [3.8, 4) is 17.2 Å². The van der Waals surface area contributed by atoms with Crippen LogP contribution in [0.1, 0.15) is 18.1 Å². The molecule has 3 nitrogen and oxygen atoms in total. The van der Waals surface area contributed by atoms with Gasteiger partial charge in [-0.1, -0.05) is 36.9 Å². The lowest BCUT2D eigenvalue weighted by Gasteiger charge is -2.12. The van der Waals surface area contributed by atoms with Gasteiger partial charge in [0.1, 0.15) is 12.4 Å². The second kappa shape index (κ2) is 5.29. The Kier molecular flexibility index (Phi) is 3.33. The second-order valence-electron chi connectivity index (χ2n) is 4.76. The predicted octanol–water partition coefficient (Wildman–Crippen LogP) is 4.03. The first kappa shape index (κ1) is 12.6. The van der Waals surface area contributed by atoms with Crippen LogP contribution in [-0.2, 0) is 6.61 Å². The minimum atomic E-state index is 0.257. The van der Waals surface area contributed by atoms with Crippen LogP contribution in [0, 0.1) is 0 Å². The number of fused-ring (bicyclic) bond motifs is 1. The van der Waals surface area contributed by atoms with E-state index in [2.05, 4.69) is 6.58 Å². The van der Waals surface area contributed by atoms with Gasteiger partial charge in [0.25, 0.3) is 0 Å². The fourth-order valence-corrected chi connectivity index (χ4v) is 2.11. The Morgan fingerprint density at radius 2 is 1.85 bits per heavy atom. The molecular formula is C17H16O3. The van der Waals surface area contributed by atoms with Crippen molar-refractivity contribution < 1.29 is 14.2 Å². The molecule has 0 amide bonds. The summed E-state index contributed by atoms with van der Waals surface area (Å²) in [5.41, 5.74) is 3.01. The zero-order valence-electron chi connectivity index (χ0n) is 11.4. The molecule has 3 rings (SSSR count). The van der Waals surface area contributed by atoms with E-state index in [4.69, 9.17) is 14.2 Å². The van der Waals surface area contributed by atoms with Crippen LogP contribution in [-0.4, -0.2) is 6.79 Å². The monoisotopic (exact) mass is 268 g/mol. The standard InChI is InChI=1S/C17H16O3/c1-12(2)14-8-16-17(20-11-19-16)9-15(14)18-10-13-6-4-3-5-7-13/h3-9H,1,10-11H2,2H3. The van der Waals surface area contributed by atoms with E-state index in [9.17, 15) is 0 Å². The average Bonchev–Trinajstić information content (AvgIpc) is 2.92. The van der Waals surface area contributed by atoms with Gasteiger partial charge in [-0.3, -0.25) is 0 Å². The maximum absolute atomic E-state index is 5.91. The smallest absolute Gasteiger partial charge is 0.231 e. The van der Waals surface area contributed by atoms with E-state index in [0.717, 1.165) is 33.9 Å². The van der Waals surface area contributed by atoms with Crippen molar-refractivity contribution in [1.29, 1.82) is 0 Å². The third-order valence-electron chi connectivity index (χ3n) is 3.17. The maximum Gasteiger partial charge on any atom is 0.231 e. The highest BCUT2D eigenvalue weighted by molar-refractivity contribution is 5.71. The quantitative estimate of drug-likeness (QED) is 0.838. The second-order valence-corrected chi connectivity index (χ2v) is 4.76. The summed E-state index contributed by atoms with van der Waals surface area (Å²) >= 11 is 0. The van der Waals surface area contributed by atoms with E-state index < -0.39 is 0 Å². The number of hydrogen-bond donors (Lipinski definition) is 0. The fourth-order valence-electron chi connectivity index (χ4n) is 2.11. The van der Waals surface area contributed by atoms with Gasteiger partial charge < -0.3 is 14.2 Å². The normalized spacial score (nSPS) is 12.2. The molecule has 2 aromatic carbocycles. The van der Waals surface area contributed by atoms with Gasteiger partial charge in [-0.25, -0.2) is 0 Å². The van der Waals surface area contributed by atoms with Crippen LogP contribution in [0.3, 0.4) is 0 Å². The molecule has 0 radical (unpaired) electrons. The largest absolute Gasteiger partial charge is 0.488 e. The van der Waals surface area contributed by atoms with Crippen molar-refractivity contribution in [2.24, 2.45) is 0 Å². The Morgan fingerprint density at radius 3 is 2.55 bits per heavy atom. The highest BCUT2D eigenvalue weighted by Gasteiger charge is 2.18. The Balaban J connectivity index is 1.86. The van der Waals surface area contributed by atoms with E-state index in [1.807, 2.05) is 49.4 Å². The van der Waals surface area contributed by atoms with Gasteiger partial charge >= 0.3 is 0 Å². The van der Waals surface area contributed by atoms with Gasteiger partial charge in [0.15, 0.2) is 11.5 Å². The molecule has 0 saturated heterocycles. The molecule has 0 fully saturated rings. The third-order valence-corrected chi connectivity index (χ3v) is 3.17. The summed E-state index contributed by atoms with van der Waals surface area (Å²) in [5.74, 6) is 2.23. The molecule has 0 saturated carbocycles. The molecular weight excluding hydrogens is 252 g/mol. The van der Waals surface area contributed by atoms with Crippen molar-refractivity contribution >= 4 is 5.57 Å². The highest BCUT2D eigenvalue weighted by atomic mass is 16.7. The van der Waals surface area contributed by atoms with Gasteiger partial charge in [0.2, 0.25) is 6.79 Å². The molecule has 0 aromatic heterocycles. The summed E-state index contributed by atoms with van der Waals surface area (Å²) in [7, 11) is 0. The van der Waals surface area contributed by atoms with Crippen LogP contribution in [0.5, 0.6) is 17.2 Å². The highest BCUT2D eigenvalue weighted by Crippen LogP contribution is 2.40. The maximum atomic E-state index is 5.91. The zero-order chi connectivity index (χ0) is 13.9. The average molecular weight is 268 g/mol. The molecule has 1 aliphatic rings. The topological polar surface area (TPSA) is 27.7 Å². The van der Waals surface area contributed by atoms with Gasteiger partial charge in [0.05, 0.1) is 0 Å². The molecule has 0 spiro atoms. The number of benzene rings is 2. The molecule has 102 valence electrons. The van der Waals surface area contributed by atoms with Crippen molar-refractivity contribution in [3.05, 3.63) is 60.2 Å². The zero-order valence-corrected chi connectivity index (χ0v) is 11.4. The molecule has 0 aliphatic carbocycles. The van der Waals surface area contributed by atoms with Crippen LogP contribution in [0.15, 0.2) is 49.0 Å². The Morgan fingerprint density at radius 1 is 1.15 bits per heavy atom. The molecule has 1 heterocycles. The molecule has 0 atom stereocenters. The SMILES string of the molecule is C=C(C)c1cc2c(cc1OCc1ccccc1)OCO2. The van der Waals surface area contributed by atoms with Crippen LogP contribution in [0.2, 0.25) is 0 Å². The van der Waals surface area contributed by atoms with Gasteiger partial charge in [-0.2, -0.15) is 0 Å². The van der Waals surface area contributed by atoms with Gasteiger partial charge in [-0.05, 0) is 24.1 Å². The van der Waals surface area contributed by atoms with Gasteiger partial charge in [0, 0.05) is 11.6 Å². The summed E-state index contributed by atoms with van der Waals surface area (Å²) in [5, 5.41) is 0. The molecule has 0 bridgehead atoms. The summed E-state index contributed by atoms with van der Waals surface area (Å²) in [6, 6.07) is 13.8. The Bertz CT molecular complexity index is 632. The summed E-state index contributed by atoms with van der Waals surface area (Å²) < 4.78 is 16.7. The first-order valence-corrected chi connectivity index (χ1v) is 6.50. The van der Waals surface area contributed by atoms with Crippen LogP contribution in [0.4, 0.5) is 0 Å². The summed E-state index contributed by atoms with van der Waals surface area (Å²) in [6.07, 6.45) is 0. The number of hydrogen-bond acceptors (Lipinski definition) is 3. The van der Waals surface area contributed by atoms with Crippen molar-refractivity contribution in [2.45, 2.75) is 13.5 Å². The minimum Gasteiger partial charge on any atom is -0.488 e. The lowest BCUT2D eigenvalue weighted by molar-refractivity contribution is 0.173. The first-order valence-electron chi connectivity index (χ1n) is 6.50. The number of ether oxygens (including phenoxy) is 3. The third kappa shape index (κ3) is 2.48. The lowest BCUT2D eigenvalue weighted by Crippen LogP contribution is -1.98. The summed E-state index contributed by atoms with van der Waals surface area (Å²) in [4.78, 5) is 0. The van der Waals surface area contributed by atoms with E-state index in [1.165, 1.54) is 0 Å². The first-order chi connectivity index (χ1) is 9.74. The van der Waals surface area contributed by atoms with Crippen LogP contribution in [0.25, 0.3) is 5.57 Å². The molecule has 1 aliphatic heterocycles. The molecule has 0 N–H and O–H groups in total. The van der Waals surface area contributed by atoms with Crippen molar-refractivity contribution in [1.82, 2.24) is 0 Å². The number of rotatable bonds is 4. The minimum absolute atomic E-state index is 0.257. The fraction of sp³-hybridized carbons (Fsp3) is 0.176. The van der Waals surface area contributed by atoms with Gasteiger partial charge in [-0.15, -0.1) is 0 Å².